The summed E-state index contributed by atoms with van der Waals surface area (Å²) >= 11 is 0. The Labute approximate surface area is 179 Å². The largest absolute Gasteiger partial charge is 0.462 e. The summed E-state index contributed by atoms with van der Waals surface area (Å²) in [5, 5.41) is 2.54. The summed E-state index contributed by atoms with van der Waals surface area (Å²) in [5.41, 5.74) is 7.93. The van der Waals surface area contributed by atoms with Crippen LogP contribution in [-0.4, -0.2) is 36.0 Å². The summed E-state index contributed by atoms with van der Waals surface area (Å²) in [5.74, 6) is -1.92. The van der Waals surface area contributed by atoms with Crippen molar-refractivity contribution in [3.8, 4) is 11.3 Å². The van der Waals surface area contributed by atoms with Crippen molar-refractivity contribution in [3.05, 3.63) is 78.0 Å². The van der Waals surface area contributed by atoms with Crippen LogP contribution in [0, 0.1) is 0 Å². The maximum atomic E-state index is 12.4. The first-order chi connectivity index (χ1) is 15.0. The Bertz CT molecular complexity index is 1100. The Kier molecular flexibility index (Phi) is 6.95. The van der Waals surface area contributed by atoms with E-state index in [1.807, 2.05) is 30.3 Å². The van der Waals surface area contributed by atoms with Gasteiger partial charge in [-0.2, -0.15) is 0 Å². The van der Waals surface area contributed by atoms with Crippen LogP contribution in [0.15, 0.2) is 66.9 Å². The van der Waals surface area contributed by atoms with E-state index in [1.54, 1.807) is 25.1 Å². The predicted octanol–water partition coefficient (Wildman–Crippen LogP) is 3.30. The summed E-state index contributed by atoms with van der Waals surface area (Å²) < 4.78 is 10.1. The number of hydrogen-bond acceptors (Lipinski definition) is 7. The number of nitrogens with zero attached hydrogens (tertiary/aromatic N) is 1. The molecule has 0 aliphatic carbocycles. The molecule has 0 fully saturated rings. The highest BCUT2D eigenvalue weighted by Crippen LogP contribution is 2.23. The summed E-state index contributed by atoms with van der Waals surface area (Å²) in [6.07, 6.45) is 1.37. The second-order valence-corrected chi connectivity index (χ2v) is 6.45. The summed E-state index contributed by atoms with van der Waals surface area (Å²) in [7, 11) is 0. The number of amides is 1. The summed E-state index contributed by atoms with van der Waals surface area (Å²) in [4.78, 5) is 41.1. The number of aromatic nitrogens is 1. The van der Waals surface area contributed by atoms with Gasteiger partial charge in [0.05, 0.1) is 35.3 Å². The average molecular weight is 419 g/mol. The van der Waals surface area contributed by atoms with Crippen LogP contribution < -0.4 is 11.1 Å². The molecule has 8 nitrogen and oxygen atoms in total. The molecule has 3 aromatic rings. The SMILES string of the molecule is CCOC(=O)c1cc(-c2ccccc2)ncc1NC(=O)COC(=O)c1cccc(N)c1. The van der Waals surface area contributed by atoms with E-state index in [0.717, 1.165) is 5.56 Å². The van der Waals surface area contributed by atoms with Gasteiger partial charge in [-0.25, -0.2) is 9.59 Å². The number of esters is 2. The van der Waals surface area contributed by atoms with Crippen molar-refractivity contribution < 1.29 is 23.9 Å². The van der Waals surface area contributed by atoms with Gasteiger partial charge in [-0.15, -0.1) is 0 Å². The van der Waals surface area contributed by atoms with Gasteiger partial charge in [-0.3, -0.25) is 9.78 Å². The van der Waals surface area contributed by atoms with Crippen LogP contribution in [0.25, 0.3) is 11.3 Å². The highest BCUT2D eigenvalue weighted by molar-refractivity contribution is 6.02. The zero-order chi connectivity index (χ0) is 22.2. The highest BCUT2D eigenvalue weighted by Gasteiger charge is 2.18. The normalized spacial score (nSPS) is 10.2. The molecule has 0 atom stereocenters. The fourth-order valence-electron chi connectivity index (χ4n) is 2.77. The zero-order valence-corrected chi connectivity index (χ0v) is 16.8. The molecule has 0 aliphatic heterocycles. The van der Waals surface area contributed by atoms with Gasteiger partial charge in [-0.05, 0) is 31.2 Å². The second-order valence-electron chi connectivity index (χ2n) is 6.45. The maximum absolute atomic E-state index is 12.4. The fraction of sp³-hybridized carbons (Fsp3) is 0.130. The molecular weight excluding hydrogens is 398 g/mol. The first-order valence-electron chi connectivity index (χ1n) is 9.53. The number of rotatable bonds is 7. The van der Waals surface area contributed by atoms with Gasteiger partial charge >= 0.3 is 11.9 Å². The Morgan fingerprint density at radius 1 is 0.968 bits per heavy atom. The van der Waals surface area contributed by atoms with E-state index in [4.69, 9.17) is 15.2 Å². The van der Waals surface area contributed by atoms with Crippen molar-refractivity contribution in [3.63, 3.8) is 0 Å². The van der Waals surface area contributed by atoms with E-state index < -0.39 is 24.5 Å². The van der Waals surface area contributed by atoms with Gasteiger partial charge in [-0.1, -0.05) is 36.4 Å². The minimum absolute atomic E-state index is 0.145. The van der Waals surface area contributed by atoms with E-state index in [1.165, 1.54) is 18.3 Å². The van der Waals surface area contributed by atoms with Crippen molar-refractivity contribution in [2.24, 2.45) is 0 Å². The fourth-order valence-corrected chi connectivity index (χ4v) is 2.77. The Balaban J connectivity index is 1.74. The molecule has 8 heteroatoms. The van der Waals surface area contributed by atoms with Crippen LogP contribution in [-0.2, 0) is 14.3 Å². The molecule has 2 aromatic carbocycles. The number of ether oxygens (including phenoxy) is 2. The third-order valence-corrected chi connectivity index (χ3v) is 4.20. The molecule has 1 amide bonds. The molecule has 0 saturated heterocycles. The van der Waals surface area contributed by atoms with Crippen LogP contribution >= 0.6 is 0 Å². The van der Waals surface area contributed by atoms with Crippen molar-refractivity contribution >= 4 is 29.2 Å². The third-order valence-electron chi connectivity index (χ3n) is 4.20. The number of anilines is 2. The average Bonchev–Trinajstić information content (AvgIpc) is 2.78. The molecule has 3 N–H and O–H groups in total. The lowest BCUT2D eigenvalue weighted by molar-refractivity contribution is -0.119. The lowest BCUT2D eigenvalue weighted by atomic mass is 10.1. The summed E-state index contributed by atoms with van der Waals surface area (Å²) in [6.45, 7) is 1.31. The lowest BCUT2D eigenvalue weighted by Gasteiger charge is -2.12. The molecule has 0 saturated carbocycles. The molecule has 31 heavy (non-hydrogen) atoms. The van der Waals surface area contributed by atoms with Gasteiger partial charge in [0, 0.05) is 11.3 Å². The molecule has 1 heterocycles. The molecule has 158 valence electrons. The molecule has 0 aliphatic rings. The minimum atomic E-state index is -0.689. The molecule has 3 rings (SSSR count). The van der Waals surface area contributed by atoms with Crippen molar-refractivity contribution in [1.29, 1.82) is 0 Å². The quantitative estimate of drug-likeness (QED) is 0.445. The Morgan fingerprint density at radius 2 is 1.74 bits per heavy atom. The standard InChI is InChI=1S/C23H21N3O5/c1-2-30-23(29)18-12-19(15-7-4-3-5-8-15)25-13-20(18)26-21(27)14-31-22(28)16-9-6-10-17(24)11-16/h3-13H,2,14,24H2,1H3,(H,26,27). The van der Waals surface area contributed by atoms with Gasteiger partial charge in [0.1, 0.15) is 0 Å². The first kappa shape index (κ1) is 21.5. The lowest BCUT2D eigenvalue weighted by Crippen LogP contribution is -2.22. The van der Waals surface area contributed by atoms with Crippen LogP contribution in [0.4, 0.5) is 11.4 Å². The number of carbonyl (C=O) groups is 3. The smallest absolute Gasteiger partial charge is 0.340 e. The number of nitrogen functional groups attached to an aromatic ring is 1. The number of benzene rings is 2. The molecule has 0 bridgehead atoms. The van der Waals surface area contributed by atoms with Crippen molar-refractivity contribution in [2.75, 3.05) is 24.3 Å². The number of pyridine rings is 1. The van der Waals surface area contributed by atoms with Crippen molar-refractivity contribution in [1.82, 2.24) is 4.98 Å². The number of carbonyl (C=O) groups excluding carboxylic acids is 3. The molecule has 0 radical (unpaired) electrons. The number of hydrogen-bond donors (Lipinski definition) is 2. The highest BCUT2D eigenvalue weighted by atomic mass is 16.5. The van der Waals surface area contributed by atoms with E-state index in [9.17, 15) is 14.4 Å². The predicted molar refractivity (Wildman–Crippen MR) is 115 cm³/mol. The van der Waals surface area contributed by atoms with Crippen LogP contribution in [0.5, 0.6) is 0 Å². The van der Waals surface area contributed by atoms with Crippen LogP contribution in [0.3, 0.4) is 0 Å². The maximum Gasteiger partial charge on any atom is 0.340 e. The number of nitrogens with two attached hydrogens (primary N) is 1. The number of nitrogens with one attached hydrogen (secondary N) is 1. The van der Waals surface area contributed by atoms with E-state index in [0.29, 0.717) is 11.4 Å². The molecule has 0 unspecified atom stereocenters. The van der Waals surface area contributed by atoms with Gasteiger partial charge in [0.25, 0.3) is 5.91 Å². The van der Waals surface area contributed by atoms with Crippen LogP contribution in [0.1, 0.15) is 27.6 Å². The van der Waals surface area contributed by atoms with E-state index in [2.05, 4.69) is 10.3 Å². The molecule has 1 aromatic heterocycles. The molecule has 0 spiro atoms. The van der Waals surface area contributed by atoms with Gasteiger partial charge in [0.2, 0.25) is 0 Å². The van der Waals surface area contributed by atoms with Crippen LogP contribution in [0.2, 0.25) is 0 Å². The Morgan fingerprint density at radius 3 is 2.45 bits per heavy atom. The molecular formula is C23H21N3O5. The van der Waals surface area contributed by atoms with E-state index >= 15 is 0 Å². The monoisotopic (exact) mass is 419 g/mol. The van der Waals surface area contributed by atoms with Gasteiger partial charge in [0.15, 0.2) is 6.61 Å². The first-order valence-corrected chi connectivity index (χ1v) is 9.53. The summed E-state index contributed by atoms with van der Waals surface area (Å²) in [6, 6.07) is 17.0. The topological polar surface area (TPSA) is 121 Å². The third kappa shape index (κ3) is 5.66. The van der Waals surface area contributed by atoms with Gasteiger partial charge < -0.3 is 20.5 Å². The van der Waals surface area contributed by atoms with Crippen molar-refractivity contribution in [2.45, 2.75) is 6.92 Å². The van der Waals surface area contributed by atoms with E-state index in [-0.39, 0.29) is 23.4 Å². The minimum Gasteiger partial charge on any atom is -0.462 e. The second kappa shape index (κ2) is 10.0. The Hall–Kier alpha value is -4.20. The zero-order valence-electron chi connectivity index (χ0n) is 16.8.